The molecule has 0 N–H and O–H groups in total. The predicted molar refractivity (Wildman–Crippen MR) is 46.8 cm³/mol. The Balaban J connectivity index is 3.45. The molecule has 0 aliphatic rings. The van der Waals surface area contributed by atoms with Crippen molar-refractivity contribution in [2.45, 2.75) is 13.8 Å². The molecule has 0 aromatic heterocycles. The fourth-order valence-electron chi connectivity index (χ4n) is 1.04. The topological polar surface area (TPSA) is 46.5 Å². The average molecular weight is 163 g/mol. The van der Waals surface area contributed by atoms with Crippen molar-refractivity contribution in [3.63, 3.8) is 0 Å². The molecule has 1 rings (SSSR count). The zero-order valence-corrected chi connectivity index (χ0v) is 7.00. The number of carbonyl (C=O) groups is 1. The summed E-state index contributed by atoms with van der Waals surface area (Å²) in [6.07, 6.45) is 0.642. The molecule has 0 aliphatic heterocycles. The molecule has 0 fully saturated rings. The van der Waals surface area contributed by atoms with Crippen molar-refractivity contribution < 1.29 is 4.79 Å². The van der Waals surface area contributed by atoms with Gasteiger partial charge < -0.3 is 0 Å². The maximum absolute atomic E-state index is 10.5. The van der Waals surface area contributed by atoms with E-state index in [2.05, 4.69) is 5.18 Å². The van der Waals surface area contributed by atoms with Gasteiger partial charge in [-0.3, -0.25) is 4.79 Å². The van der Waals surface area contributed by atoms with Crippen LogP contribution in [0.1, 0.15) is 21.5 Å². The van der Waals surface area contributed by atoms with Crippen molar-refractivity contribution in [3.05, 3.63) is 33.7 Å². The average Bonchev–Trinajstić information content (AvgIpc) is 2.09. The SMILES string of the molecule is Cc1ccc(C=O)c(N=O)c1C. The monoisotopic (exact) mass is 163 g/mol. The van der Waals surface area contributed by atoms with Crippen LogP contribution in [-0.2, 0) is 0 Å². The molecule has 1 aromatic rings. The molecular weight excluding hydrogens is 154 g/mol. The molecule has 0 spiro atoms. The molecule has 3 heteroatoms. The number of aryl methyl sites for hydroxylation is 1. The van der Waals surface area contributed by atoms with E-state index >= 15 is 0 Å². The van der Waals surface area contributed by atoms with E-state index in [1.165, 1.54) is 0 Å². The van der Waals surface area contributed by atoms with Gasteiger partial charge in [-0.25, -0.2) is 0 Å². The molecule has 3 nitrogen and oxygen atoms in total. The molecule has 0 heterocycles. The molecule has 0 aliphatic carbocycles. The van der Waals surface area contributed by atoms with E-state index in [4.69, 9.17) is 0 Å². The molecule has 1 aromatic carbocycles. The number of aldehydes is 1. The second kappa shape index (κ2) is 3.26. The van der Waals surface area contributed by atoms with Gasteiger partial charge in [0.15, 0.2) is 6.29 Å². The van der Waals surface area contributed by atoms with Crippen LogP contribution in [0.3, 0.4) is 0 Å². The number of benzene rings is 1. The van der Waals surface area contributed by atoms with Crippen LogP contribution in [0.25, 0.3) is 0 Å². The number of nitrogens with zero attached hydrogens (tertiary/aromatic N) is 1. The summed E-state index contributed by atoms with van der Waals surface area (Å²) in [6.45, 7) is 3.65. The molecule has 0 saturated carbocycles. The van der Waals surface area contributed by atoms with Gasteiger partial charge >= 0.3 is 0 Å². The van der Waals surface area contributed by atoms with Crippen LogP contribution in [0, 0.1) is 18.8 Å². The standard InChI is InChI=1S/C9H9NO2/c1-6-3-4-8(5-11)9(10-12)7(6)2/h3-5H,1-2H3. The second-order valence-corrected chi connectivity index (χ2v) is 2.65. The van der Waals surface area contributed by atoms with E-state index < -0.39 is 0 Å². The van der Waals surface area contributed by atoms with Crippen LogP contribution in [0.4, 0.5) is 5.69 Å². The Hall–Kier alpha value is -1.51. The van der Waals surface area contributed by atoms with Crippen LogP contribution < -0.4 is 0 Å². The van der Waals surface area contributed by atoms with Crippen LogP contribution in [-0.4, -0.2) is 6.29 Å². The highest BCUT2D eigenvalue weighted by Gasteiger charge is 2.06. The van der Waals surface area contributed by atoms with Crippen LogP contribution in [0.5, 0.6) is 0 Å². The zero-order valence-electron chi connectivity index (χ0n) is 7.00. The lowest BCUT2D eigenvalue weighted by molar-refractivity contribution is 0.112. The van der Waals surface area contributed by atoms with Crippen LogP contribution in [0.15, 0.2) is 17.3 Å². The van der Waals surface area contributed by atoms with Gasteiger partial charge in [-0.05, 0) is 36.2 Å². The second-order valence-electron chi connectivity index (χ2n) is 2.65. The van der Waals surface area contributed by atoms with Gasteiger partial charge in [0, 0.05) is 5.56 Å². The van der Waals surface area contributed by atoms with Crippen molar-refractivity contribution >= 4 is 12.0 Å². The highest BCUT2D eigenvalue weighted by Crippen LogP contribution is 2.24. The van der Waals surface area contributed by atoms with E-state index in [1.807, 2.05) is 6.92 Å². The summed E-state index contributed by atoms with van der Waals surface area (Å²) in [5, 5.41) is 2.82. The molecular formula is C9H9NO2. The maximum Gasteiger partial charge on any atom is 0.152 e. The molecule has 0 saturated heterocycles. The van der Waals surface area contributed by atoms with E-state index in [0.29, 0.717) is 11.8 Å². The number of nitroso groups, excluding NO2 is 1. The van der Waals surface area contributed by atoms with Crippen LogP contribution >= 0.6 is 0 Å². The Kier molecular flexibility index (Phi) is 2.33. The summed E-state index contributed by atoms with van der Waals surface area (Å²) in [4.78, 5) is 20.8. The Morgan fingerprint density at radius 3 is 2.50 bits per heavy atom. The normalized spacial score (nSPS) is 9.50. The number of carbonyl (C=O) groups excluding carboxylic acids is 1. The maximum atomic E-state index is 10.5. The van der Waals surface area contributed by atoms with E-state index in [9.17, 15) is 9.70 Å². The first kappa shape index (κ1) is 8.59. The Labute approximate surface area is 70.4 Å². The zero-order chi connectivity index (χ0) is 9.14. The molecule has 0 unspecified atom stereocenters. The number of hydrogen-bond acceptors (Lipinski definition) is 3. The molecule has 0 amide bonds. The molecule has 0 radical (unpaired) electrons. The van der Waals surface area contributed by atoms with Crippen LogP contribution in [0.2, 0.25) is 0 Å². The Bertz CT molecular complexity index is 332. The van der Waals surface area contributed by atoms with Gasteiger partial charge in [-0.15, -0.1) is 4.91 Å². The lowest BCUT2D eigenvalue weighted by Crippen LogP contribution is -1.87. The Morgan fingerprint density at radius 1 is 1.33 bits per heavy atom. The fraction of sp³-hybridized carbons (Fsp3) is 0.222. The van der Waals surface area contributed by atoms with Crippen molar-refractivity contribution in [2.24, 2.45) is 5.18 Å². The fourth-order valence-corrected chi connectivity index (χ4v) is 1.04. The van der Waals surface area contributed by atoms with Gasteiger partial charge in [0.1, 0.15) is 5.69 Å². The number of rotatable bonds is 2. The first-order valence-corrected chi connectivity index (χ1v) is 3.59. The van der Waals surface area contributed by atoms with Crippen molar-refractivity contribution in [1.82, 2.24) is 0 Å². The minimum atomic E-state index is 0.255. The van der Waals surface area contributed by atoms with Gasteiger partial charge in [-0.1, -0.05) is 6.07 Å². The summed E-state index contributed by atoms with van der Waals surface area (Å²) in [5.41, 5.74) is 2.35. The summed E-state index contributed by atoms with van der Waals surface area (Å²) in [7, 11) is 0. The van der Waals surface area contributed by atoms with E-state index in [0.717, 1.165) is 11.1 Å². The first-order valence-electron chi connectivity index (χ1n) is 3.59. The minimum Gasteiger partial charge on any atom is -0.298 e. The number of hydrogen-bond donors (Lipinski definition) is 0. The lowest BCUT2D eigenvalue weighted by Gasteiger charge is -2.02. The largest absolute Gasteiger partial charge is 0.298 e. The molecule has 12 heavy (non-hydrogen) atoms. The van der Waals surface area contributed by atoms with Crippen molar-refractivity contribution in [3.8, 4) is 0 Å². The summed E-state index contributed by atoms with van der Waals surface area (Å²) in [6, 6.07) is 3.40. The molecule has 0 atom stereocenters. The summed E-state index contributed by atoms with van der Waals surface area (Å²) in [5.74, 6) is 0. The summed E-state index contributed by atoms with van der Waals surface area (Å²) >= 11 is 0. The highest BCUT2D eigenvalue weighted by molar-refractivity contribution is 5.84. The van der Waals surface area contributed by atoms with Crippen molar-refractivity contribution in [1.29, 1.82) is 0 Å². The van der Waals surface area contributed by atoms with E-state index in [1.54, 1.807) is 19.1 Å². The quantitative estimate of drug-likeness (QED) is 0.496. The highest BCUT2D eigenvalue weighted by atomic mass is 16.3. The smallest absolute Gasteiger partial charge is 0.152 e. The predicted octanol–water partition coefficient (Wildman–Crippen LogP) is 2.51. The first-order chi connectivity index (χ1) is 5.70. The van der Waals surface area contributed by atoms with Gasteiger partial charge in [-0.2, -0.15) is 0 Å². The third-order valence-corrected chi connectivity index (χ3v) is 1.95. The molecule has 0 bridgehead atoms. The summed E-state index contributed by atoms with van der Waals surface area (Å²) < 4.78 is 0. The third kappa shape index (κ3) is 1.25. The van der Waals surface area contributed by atoms with E-state index in [-0.39, 0.29) is 5.69 Å². The third-order valence-electron chi connectivity index (χ3n) is 1.95. The minimum absolute atomic E-state index is 0.255. The van der Waals surface area contributed by atoms with Gasteiger partial charge in [0.25, 0.3) is 0 Å². The van der Waals surface area contributed by atoms with Crippen molar-refractivity contribution in [2.75, 3.05) is 0 Å². The van der Waals surface area contributed by atoms with Gasteiger partial charge in [0.05, 0.1) is 0 Å². The lowest BCUT2D eigenvalue weighted by atomic mass is 10.0. The molecule has 62 valence electrons. The van der Waals surface area contributed by atoms with Gasteiger partial charge in [0.2, 0.25) is 0 Å². The Morgan fingerprint density at radius 2 is 2.00 bits per heavy atom.